The van der Waals surface area contributed by atoms with Gasteiger partial charge in [-0.25, -0.2) is 9.97 Å². The van der Waals surface area contributed by atoms with Crippen LogP contribution < -0.4 is 10.2 Å². The van der Waals surface area contributed by atoms with E-state index >= 15 is 0 Å². The maximum absolute atomic E-state index is 6.02. The molecular formula is C15H17ClN4. The summed E-state index contributed by atoms with van der Waals surface area (Å²) in [4.78, 5) is 11.1. The summed E-state index contributed by atoms with van der Waals surface area (Å²) in [6.45, 7) is 2.29. The van der Waals surface area contributed by atoms with Gasteiger partial charge in [0.05, 0.1) is 5.52 Å². The molecule has 1 aromatic heterocycles. The van der Waals surface area contributed by atoms with Crippen LogP contribution in [-0.4, -0.2) is 29.1 Å². The SMILES string of the molecule is Clc1nc(NC2CC2)c2cc(N3CCCC3)ccc2n1. The van der Waals surface area contributed by atoms with E-state index in [2.05, 4.69) is 38.4 Å². The van der Waals surface area contributed by atoms with Crippen LogP contribution in [0.3, 0.4) is 0 Å². The molecule has 1 saturated heterocycles. The highest BCUT2D eigenvalue weighted by Gasteiger charge is 2.23. The predicted octanol–water partition coefficient (Wildman–Crippen LogP) is 3.46. The van der Waals surface area contributed by atoms with Crippen molar-refractivity contribution < 1.29 is 0 Å². The Labute approximate surface area is 123 Å². The standard InChI is InChI=1S/C15H17ClN4/c16-15-18-13-6-5-11(20-7-1-2-8-20)9-12(13)14(19-15)17-10-3-4-10/h5-6,9-10H,1-4,7-8H2,(H,17,18,19). The van der Waals surface area contributed by atoms with Gasteiger partial charge in [-0.2, -0.15) is 0 Å². The summed E-state index contributed by atoms with van der Waals surface area (Å²) < 4.78 is 0. The minimum atomic E-state index is 0.314. The van der Waals surface area contributed by atoms with Gasteiger partial charge in [0.15, 0.2) is 0 Å². The van der Waals surface area contributed by atoms with Gasteiger partial charge in [-0.05, 0) is 55.5 Å². The van der Waals surface area contributed by atoms with E-state index in [1.807, 2.05) is 0 Å². The van der Waals surface area contributed by atoms with Gasteiger partial charge in [-0.15, -0.1) is 0 Å². The van der Waals surface area contributed by atoms with Gasteiger partial charge >= 0.3 is 0 Å². The Morgan fingerprint density at radius 1 is 1.15 bits per heavy atom. The minimum absolute atomic E-state index is 0.314. The van der Waals surface area contributed by atoms with Crippen molar-refractivity contribution in [3.63, 3.8) is 0 Å². The molecule has 0 spiro atoms. The number of hydrogen-bond acceptors (Lipinski definition) is 4. The number of nitrogens with one attached hydrogen (secondary N) is 1. The van der Waals surface area contributed by atoms with Crippen LogP contribution in [0.5, 0.6) is 0 Å². The zero-order valence-corrected chi connectivity index (χ0v) is 12.0. The Hall–Kier alpha value is -1.55. The molecule has 1 aromatic carbocycles. The fraction of sp³-hybridized carbons (Fsp3) is 0.467. The lowest BCUT2D eigenvalue weighted by Crippen LogP contribution is -2.17. The molecule has 1 aliphatic heterocycles. The predicted molar refractivity (Wildman–Crippen MR) is 82.6 cm³/mol. The van der Waals surface area contributed by atoms with E-state index < -0.39 is 0 Å². The highest BCUT2D eigenvalue weighted by Crippen LogP contribution is 2.32. The molecular weight excluding hydrogens is 272 g/mol. The van der Waals surface area contributed by atoms with Gasteiger partial charge in [-0.1, -0.05) is 0 Å². The topological polar surface area (TPSA) is 41.1 Å². The molecule has 4 nitrogen and oxygen atoms in total. The second-order valence-electron chi connectivity index (χ2n) is 5.66. The van der Waals surface area contributed by atoms with E-state index in [1.54, 1.807) is 0 Å². The van der Waals surface area contributed by atoms with Crippen LogP contribution in [0.25, 0.3) is 10.9 Å². The molecule has 104 valence electrons. The molecule has 1 aliphatic carbocycles. The van der Waals surface area contributed by atoms with E-state index in [-0.39, 0.29) is 0 Å². The van der Waals surface area contributed by atoms with E-state index in [9.17, 15) is 0 Å². The highest BCUT2D eigenvalue weighted by atomic mass is 35.5. The quantitative estimate of drug-likeness (QED) is 0.878. The number of nitrogens with zero attached hydrogens (tertiary/aromatic N) is 3. The second kappa shape index (κ2) is 4.77. The molecule has 1 N–H and O–H groups in total. The largest absolute Gasteiger partial charge is 0.372 e. The van der Waals surface area contributed by atoms with Crippen LogP contribution in [0.1, 0.15) is 25.7 Å². The monoisotopic (exact) mass is 288 g/mol. The first-order valence-electron chi connectivity index (χ1n) is 7.28. The third-order valence-corrected chi connectivity index (χ3v) is 4.21. The molecule has 1 saturated carbocycles. The molecule has 0 atom stereocenters. The molecule has 0 bridgehead atoms. The molecule has 20 heavy (non-hydrogen) atoms. The summed E-state index contributed by atoms with van der Waals surface area (Å²) in [5.74, 6) is 0.878. The van der Waals surface area contributed by atoms with Gasteiger partial charge in [0, 0.05) is 30.2 Å². The van der Waals surface area contributed by atoms with Gasteiger partial charge in [0.25, 0.3) is 0 Å². The Balaban J connectivity index is 1.79. The third-order valence-electron chi connectivity index (χ3n) is 4.04. The van der Waals surface area contributed by atoms with Crippen LogP contribution in [0, 0.1) is 0 Å². The lowest BCUT2D eigenvalue weighted by molar-refractivity contribution is 0.949. The summed E-state index contributed by atoms with van der Waals surface area (Å²) in [6.07, 6.45) is 4.99. The minimum Gasteiger partial charge on any atom is -0.372 e. The molecule has 0 radical (unpaired) electrons. The van der Waals surface area contributed by atoms with Crippen LogP contribution in [0.15, 0.2) is 18.2 Å². The molecule has 2 heterocycles. The molecule has 4 rings (SSSR count). The number of halogens is 1. The Morgan fingerprint density at radius 3 is 2.70 bits per heavy atom. The first-order valence-corrected chi connectivity index (χ1v) is 7.66. The molecule has 2 fully saturated rings. The van der Waals surface area contributed by atoms with Crippen LogP contribution in [0.4, 0.5) is 11.5 Å². The number of anilines is 2. The summed E-state index contributed by atoms with van der Waals surface area (Å²) in [5.41, 5.74) is 2.18. The van der Waals surface area contributed by atoms with Crippen molar-refractivity contribution in [1.82, 2.24) is 9.97 Å². The van der Waals surface area contributed by atoms with Crippen molar-refractivity contribution >= 4 is 34.0 Å². The zero-order chi connectivity index (χ0) is 13.5. The molecule has 2 aromatic rings. The van der Waals surface area contributed by atoms with Crippen molar-refractivity contribution in [3.8, 4) is 0 Å². The normalized spacial score (nSPS) is 18.8. The zero-order valence-electron chi connectivity index (χ0n) is 11.3. The van der Waals surface area contributed by atoms with Gasteiger partial charge < -0.3 is 10.2 Å². The maximum Gasteiger partial charge on any atom is 0.224 e. The van der Waals surface area contributed by atoms with Gasteiger partial charge in [-0.3, -0.25) is 0 Å². The Kier molecular flexibility index (Phi) is 2.91. The second-order valence-corrected chi connectivity index (χ2v) is 5.99. The number of benzene rings is 1. The van der Waals surface area contributed by atoms with Gasteiger partial charge in [0.2, 0.25) is 5.28 Å². The van der Waals surface area contributed by atoms with E-state index in [4.69, 9.17) is 11.6 Å². The first kappa shape index (κ1) is 12.2. The van der Waals surface area contributed by atoms with E-state index in [0.717, 1.165) is 29.8 Å². The average Bonchev–Trinajstić information content (AvgIpc) is 3.09. The van der Waals surface area contributed by atoms with Crippen molar-refractivity contribution in [2.45, 2.75) is 31.7 Å². The average molecular weight is 289 g/mol. The summed E-state index contributed by atoms with van der Waals surface area (Å²) in [6, 6.07) is 6.94. The van der Waals surface area contributed by atoms with Crippen LogP contribution >= 0.6 is 11.6 Å². The summed E-state index contributed by atoms with van der Waals surface area (Å²) >= 11 is 6.02. The maximum atomic E-state index is 6.02. The van der Waals surface area contributed by atoms with Gasteiger partial charge in [0.1, 0.15) is 5.82 Å². The first-order chi connectivity index (χ1) is 9.79. The summed E-state index contributed by atoms with van der Waals surface area (Å²) in [5, 5.41) is 4.85. The molecule has 0 unspecified atom stereocenters. The highest BCUT2D eigenvalue weighted by molar-refractivity contribution is 6.28. The number of hydrogen-bond donors (Lipinski definition) is 1. The molecule has 0 amide bonds. The number of fused-ring (bicyclic) bond motifs is 1. The fourth-order valence-corrected chi connectivity index (χ4v) is 2.97. The van der Waals surface area contributed by atoms with Crippen molar-refractivity contribution in [3.05, 3.63) is 23.5 Å². The smallest absolute Gasteiger partial charge is 0.224 e. The number of rotatable bonds is 3. The van der Waals surface area contributed by atoms with E-state index in [0.29, 0.717) is 11.3 Å². The van der Waals surface area contributed by atoms with Crippen LogP contribution in [0.2, 0.25) is 5.28 Å². The van der Waals surface area contributed by atoms with Crippen molar-refractivity contribution in [2.24, 2.45) is 0 Å². The van der Waals surface area contributed by atoms with Crippen molar-refractivity contribution in [2.75, 3.05) is 23.3 Å². The lowest BCUT2D eigenvalue weighted by Gasteiger charge is -2.18. The Bertz CT molecular complexity index is 648. The number of aromatic nitrogens is 2. The lowest BCUT2D eigenvalue weighted by atomic mass is 10.2. The molecule has 5 heteroatoms. The third kappa shape index (κ3) is 2.29. The van der Waals surface area contributed by atoms with Crippen LogP contribution in [-0.2, 0) is 0 Å². The summed E-state index contributed by atoms with van der Waals surface area (Å²) in [7, 11) is 0. The molecule has 2 aliphatic rings. The Morgan fingerprint density at radius 2 is 1.95 bits per heavy atom. The van der Waals surface area contributed by atoms with E-state index in [1.165, 1.54) is 31.4 Å². The fourth-order valence-electron chi connectivity index (χ4n) is 2.79. The van der Waals surface area contributed by atoms with Crippen molar-refractivity contribution in [1.29, 1.82) is 0 Å².